The molecule has 0 amide bonds. The Bertz CT molecular complexity index is 614. The van der Waals surface area contributed by atoms with Crippen molar-refractivity contribution in [1.29, 1.82) is 0 Å². The van der Waals surface area contributed by atoms with E-state index in [1.165, 1.54) is 0 Å². The highest BCUT2D eigenvalue weighted by atomic mass is 16.3. The molecular weight excluding hydrogens is 264 g/mol. The molecule has 2 rings (SSSR count). The first-order valence-corrected chi connectivity index (χ1v) is 7.53. The van der Waals surface area contributed by atoms with Gasteiger partial charge in [-0.05, 0) is 25.8 Å². The van der Waals surface area contributed by atoms with Crippen LogP contribution < -0.4 is 5.32 Å². The molecule has 1 unspecified atom stereocenters. The molecule has 21 heavy (non-hydrogen) atoms. The van der Waals surface area contributed by atoms with E-state index in [1.807, 2.05) is 10.7 Å². The fraction of sp³-hybridized carbons (Fsp3) is 0.625. The minimum Gasteiger partial charge on any atom is -0.396 e. The molecule has 5 nitrogen and oxygen atoms in total. The largest absolute Gasteiger partial charge is 0.396 e. The second kappa shape index (κ2) is 5.64. The highest BCUT2D eigenvalue weighted by Crippen LogP contribution is 2.27. The van der Waals surface area contributed by atoms with Gasteiger partial charge in [0.2, 0.25) is 0 Å². The Morgan fingerprint density at radius 2 is 2.00 bits per heavy atom. The first-order valence-electron chi connectivity index (χ1n) is 7.53. The summed E-state index contributed by atoms with van der Waals surface area (Å²) >= 11 is 0. The Morgan fingerprint density at radius 3 is 2.57 bits per heavy atom. The monoisotopic (exact) mass is 290 g/mol. The van der Waals surface area contributed by atoms with Gasteiger partial charge in [0.05, 0.1) is 5.69 Å². The summed E-state index contributed by atoms with van der Waals surface area (Å²) in [6.45, 7) is 10.8. The van der Waals surface area contributed by atoms with Crippen LogP contribution in [0.4, 0.5) is 5.82 Å². The van der Waals surface area contributed by atoms with Gasteiger partial charge >= 0.3 is 0 Å². The molecule has 0 radical (unpaired) electrons. The predicted octanol–water partition coefficient (Wildman–Crippen LogP) is 2.99. The Morgan fingerprint density at radius 1 is 1.29 bits per heavy atom. The van der Waals surface area contributed by atoms with Crippen molar-refractivity contribution in [2.24, 2.45) is 0 Å². The average molecular weight is 290 g/mol. The minimum atomic E-state index is -0.171. The van der Waals surface area contributed by atoms with Crippen LogP contribution in [-0.4, -0.2) is 31.9 Å². The van der Waals surface area contributed by atoms with Gasteiger partial charge in [-0.1, -0.05) is 27.7 Å². The van der Waals surface area contributed by atoms with Crippen LogP contribution in [0.15, 0.2) is 18.5 Å². The van der Waals surface area contributed by atoms with Gasteiger partial charge in [-0.2, -0.15) is 5.10 Å². The smallest absolute Gasteiger partial charge is 0.152 e. The number of nitrogens with zero attached hydrogens (tertiary/aromatic N) is 3. The number of nitrogens with one attached hydrogen (secondary N) is 1. The third-order valence-corrected chi connectivity index (χ3v) is 4.02. The zero-order valence-electron chi connectivity index (χ0n) is 13.6. The van der Waals surface area contributed by atoms with Gasteiger partial charge in [0, 0.05) is 30.0 Å². The third kappa shape index (κ3) is 3.35. The van der Waals surface area contributed by atoms with Crippen LogP contribution in [0, 0.1) is 0 Å². The van der Waals surface area contributed by atoms with Crippen molar-refractivity contribution in [3.05, 3.63) is 24.2 Å². The number of aliphatic hydroxyl groups excluding tert-OH is 1. The molecule has 0 saturated carbocycles. The van der Waals surface area contributed by atoms with E-state index in [4.69, 9.17) is 0 Å². The lowest BCUT2D eigenvalue weighted by Crippen LogP contribution is -2.35. The molecule has 5 heteroatoms. The molecule has 0 aliphatic carbocycles. The van der Waals surface area contributed by atoms with Crippen LogP contribution in [0.3, 0.4) is 0 Å². The van der Waals surface area contributed by atoms with Gasteiger partial charge in [0.1, 0.15) is 5.52 Å². The van der Waals surface area contributed by atoms with Crippen LogP contribution in [0.25, 0.3) is 5.52 Å². The summed E-state index contributed by atoms with van der Waals surface area (Å²) in [5, 5.41) is 17.4. The van der Waals surface area contributed by atoms with Crippen LogP contribution in [0.5, 0.6) is 0 Å². The molecular formula is C16H26N4O. The molecule has 0 aromatic carbocycles. The van der Waals surface area contributed by atoms with Gasteiger partial charge in [-0.15, -0.1) is 0 Å². The zero-order valence-corrected chi connectivity index (χ0v) is 13.6. The summed E-state index contributed by atoms with van der Waals surface area (Å²) < 4.78 is 1.87. The second-order valence-electron chi connectivity index (χ2n) is 6.90. The van der Waals surface area contributed by atoms with E-state index in [9.17, 15) is 5.11 Å². The average Bonchev–Trinajstić information content (AvgIpc) is 2.84. The van der Waals surface area contributed by atoms with Gasteiger partial charge in [0.25, 0.3) is 0 Å². The van der Waals surface area contributed by atoms with E-state index in [2.05, 4.69) is 56.1 Å². The van der Waals surface area contributed by atoms with Crippen molar-refractivity contribution in [2.45, 2.75) is 58.4 Å². The van der Waals surface area contributed by atoms with Gasteiger partial charge < -0.3 is 10.4 Å². The van der Waals surface area contributed by atoms with Crippen LogP contribution in [-0.2, 0) is 5.41 Å². The molecule has 1 atom stereocenters. The van der Waals surface area contributed by atoms with E-state index in [0.717, 1.165) is 23.4 Å². The van der Waals surface area contributed by atoms with Gasteiger partial charge in [0.15, 0.2) is 5.82 Å². The molecule has 2 aromatic rings. The maximum Gasteiger partial charge on any atom is 0.152 e. The highest BCUT2D eigenvalue weighted by molar-refractivity contribution is 5.68. The molecule has 0 spiro atoms. The first-order chi connectivity index (χ1) is 9.79. The summed E-state index contributed by atoms with van der Waals surface area (Å²) in [5.74, 6) is 0.818. The number of aromatic nitrogens is 3. The minimum absolute atomic E-state index is 0.00243. The Hall–Kier alpha value is -1.62. The molecule has 0 fully saturated rings. The summed E-state index contributed by atoms with van der Waals surface area (Å²) in [6.07, 6.45) is 5.22. The van der Waals surface area contributed by atoms with Crippen molar-refractivity contribution in [1.82, 2.24) is 14.6 Å². The van der Waals surface area contributed by atoms with Crippen LogP contribution in [0.1, 0.15) is 53.2 Å². The van der Waals surface area contributed by atoms with Crippen molar-refractivity contribution in [3.8, 4) is 0 Å². The molecule has 0 aliphatic rings. The number of fused-ring (bicyclic) bond motifs is 1. The Kier molecular flexibility index (Phi) is 4.23. The third-order valence-electron chi connectivity index (χ3n) is 4.02. The second-order valence-corrected chi connectivity index (χ2v) is 6.90. The topological polar surface area (TPSA) is 62.5 Å². The van der Waals surface area contributed by atoms with Gasteiger partial charge in [-0.3, -0.25) is 0 Å². The highest BCUT2D eigenvalue weighted by Gasteiger charge is 2.24. The predicted molar refractivity (Wildman–Crippen MR) is 85.7 cm³/mol. The Balaban J connectivity index is 2.43. The molecule has 2 heterocycles. The molecule has 116 valence electrons. The summed E-state index contributed by atoms with van der Waals surface area (Å²) in [7, 11) is 0. The SMILES string of the molecule is CCC(C)(CCO)Nc1nccn2nc(C(C)(C)C)cc12. The van der Waals surface area contributed by atoms with Crippen molar-refractivity contribution in [2.75, 3.05) is 11.9 Å². The number of anilines is 1. The van der Waals surface area contributed by atoms with E-state index in [0.29, 0.717) is 6.42 Å². The number of rotatable bonds is 5. The zero-order chi connectivity index (χ0) is 15.7. The van der Waals surface area contributed by atoms with E-state index >= 15 is 0 Å². The van der Waals surface area contributed by atoms with Crippen molar-refractivity contribution in [3.63, 3.8) is 0 Å². The summed E-state index contributed by atoms with van der Waals surface area (Å²) in [4.78, 5) is 4.46. The number of hydrogen-bond donors (Lipinski definition) is 2. The standard InChI is InChI=1S/C16H26N4O/c1-6-16(5,7-10-21)18-14-12-11-13(15(2,3)4)19-20(12)9-8-17-14/h8-9,11,21H,6-7,10H2,1-5H3,(H,17,18). The molecule has 0 bridgehead atoms. The lowest BCUT2D eigenvalue weighted by atomic mass is 9.92. The molecule has 0 saturated heterocycles. The van der Waals surface area contributed by atoms with E-state index in [1.54, 1.807) is 6.20 Å². The van der Waals surface area contributed by atoms with Crippen LogP contribution >= 0.6 is 0 Å². The maximum absolute atomic E-state index is 9.26. The van der Waals surface area contributed by atoms with E-state index < -0.39 is 0 Å². The molecule has 2 aromatic heterocycles. The normalized spacial score (nSPS) is 15.1. The first kappa shape index (κ1) is 15.8. The van der Waals surface area contributed by atoms with E-state index in [-0.39, 0.29) is 17.6 Å². The molecule has 2 N–H and O–H groups in total. The Labute approximate surface area is 126 Å². The quantitative estimate of drug-likeness (QED) is 0.888. The summed E-state index contributed by atoms with van der Waals surface area (Å²) in [6, 6.07) is 2.09. The van der Waals surface area contributed by atoms with Crippen molar-refractivity contribution >= 4 is 11.3 Å². The number of hydrogen-bond acceptors (Lipinski definition) is 4. The number of aliphatic hydroxyl groups is 1. The lowest BCUT2D eigenvalue weighted by Gasteiger charge is -2.29. The van der Waals surface area contributed by atoms with Crippen molar-refractivity contribution < 1.29 is 5.11 Å². The fourth-order valence-corrected chi connectivity index (χ4v) is 2.25. The maximum atomic E-state index is 9.26. The van der Waals surface area contributed by atoms with Crippen LogP contribution in [0.2, 0.25) is 0 Å². The molecule has 0 aliphatic heterocycles. The fourth-order valence-electron chi connectivity index (χ4n) is 2.25. The summed E-state index contributed by atoms with van der Waals surface area (Å²) in [5.41, 5.74) is 1.84. The van der Waals surface area contributed by atoms with Gasteiger partial charge in [-0.25, -0.2) is 9.50 Å². The lowest BCUT2D eigenvalue weighted by molar-refractivity contribution is 0.252.